The Labute approximate surface area is 180 Å². The third-order valence-electron chi connectivity index (χ3n) is 4.71. The summed E-state index contributed by atoms with van der Waals surface area (Å²) in [6.45, 7) is 5.13. The third-order valence-corrected chi connectivity index (χ3v) is 7.54. The van der Waals surface area contributed by atoms with Gasteiger partial charge in [-0.1, -0.05) is 47.7 Å². The third kappa shape index (κ3) is 5.65. The standard InChI is InChI=1S/C22H26N2O4S2/c1-16-13-17(2)21-19(14-16)24(10-11-28-3)22(29-21)23-20(25)9-12-30(26,27)15-18-7-5-4-6-8-18/h4-8,13-14H,9-12,15H2,1-3H3. The van der Waals surface area contributed by atoms with E-state index in [1.54, 1.807) is 31.4 Å². The lowest BCUT2D eigenvalue weighted by Gasteiger charge is -2.06. The molecule has 3 rings (SSSR count). The minimum atomic E-state index is -3.39. The van der Waals surface area contributed by atoms with Gasteiger partial charge in [0.15, 0.2) is 14.6 Å². The van der Waals surface area contributed by atoms with E-state index < -0.39 is 15.7 Å². The SMILES string of the molecule is COCCn1c(=NC(=O)CCS(=O)(=O)Cc2ccccc2)sc2c(C)cc(C)cc21. The van der Waals surface area contributed by atoms with E-state index in [0.717, 1.165) is 26.9 Å². The van der Waals surface area contributed by atoms with Gasteiger partial charge in [0.05, 0.1) is 28.3 Å². The number of benzene rings is 2. The maximum absolute atomic E-state index is 12.5. The second-order valence-corrected chi connectivity index (χ2v) is 10.5. The molecule has 1 heterocycles. The van der Waals surface area contributed by atoms with Crippen LogP contribution in [0.2, 0.25) is 0 Å². The molecule has 30 heavy (non-hydrogen) atoms. The summed E-state index contributed by atoms with van der Waals surface area (Å²) in [6.07, 6.45) is -0.133. The number of rotatable bonds is 8. The summed E-state index contributed by atoms with van der Waals surface area (Å²) in [6, 6.07) is 13.1. The van der Waals surface area contributed by atoms with Crippen LogP contribution in [0.4, 0.5) is 0 Å². The smallest absolute Gasteiger partial charge is 0.249 e. The van der Waals surface area contributed by atoms with E-state index >= 15 is 0 Å². The van der Waals surface area contributed by atoms with Crippen LogP contribution in [0.3, 0.4) is 0 Å². The van der Waals surface area contributed by atoms with Crippen molar-refractivity contribution < 1.29 is 17.9 Å². The number of aryl methyl sites for hydroxylation is 2. The molecule has 160 valence electrons. The highest BCUT2D eigenvalue weighted by Gasteiger charge is 2.15. The molecule has 0 aliphatic heterocycles. The second-order valence-electron chi connectivity index (χ2n) is 7.29. The lowest BCUT2D eigenvalue weighted by atomic mass is 10.1. The number of nitrogens with zero attached hydrogens (tertiary/aromatic N) is 2. The Bertz CT molecular complexity index is 1210. The van der Waals surface area contributed by atoms with Crippen molar-refractivity contribution in [2.75, 3.05) is 19.5 Å². The van der Waals surface area contributed by atoms with Crippen LogP contribution in [0.15, 0.2) is 47.5 Å². The van der Waals surface area contributed by atoms with E-state index in [4.69, 9.17) is 4.74 Å². The monoisotopic (exact) mass is 446 g/mol. The summed E-state index contributed by atoms with van der Waals surface area (Å²) < 4.78 is 33.0. The van der Waals surface area contributed by atoms with Gasteiger partial charge in [-0.2, -0.15) is 4.99 Å². The number of hydrogen-bond donors (Lipinski definition) is 0. The molecule has 0 saturated heterocycles. The van der Waals surface area contributed by atoms with Crippen LogP contribution in [0.1, 0.15) is 23.1 Å². The molecule has 0 radical (unpaired) electrons. The minimum Gasteiger partial charge on any atom is -0.383 e. The van der Waals surface area contributed by atoms with Crippen LogP contribution in [-0.4, -0.2) is 38.4 Å². The van der Waals surface area contributed by atoms with Gasteiger partial charge < -0.3 is 9.30 Å². The summed E-state index contributed by atoms with van der Waals surface area (Å²) >= 11 is 1.44. The van der Waals surface area contributed by atoms with Crippen LogP contribution in [0, 0.1) is 13.8 Å². The number of carbonyl (C=O) groups excluding carboxylic acids is 1. The van der Waals surface area contributed by atoms with Crippen molar-refractivity contribution in [3.8, 4) is 0 Å². The molecule has 0 bridgehead atoms. The maximum Gasteiger partial charge on any atom is 0.249 e. The first-order valence-electron chi connectivity index (χ1n) is 9.70. The Balaban J connectivity index is 1.83. The van der Waals surface area contributed by atoms with Crippen molar-refractivity contribution in [1.29, 1.82) is 0 Å². The molecule has 6 nitrogen and oxygen atoms in total. The molecular formula is C22H26N2O4S2. The van der Waals surface area contributed by atoms with Gasteiger partial charge in [0.25, 0.3) is 0 Å². The number of carbonyl (C=O) groups is 1. The van der Waals surface area contributed by atoms with E-state index in [0.29, 0.717) is 18.0 Å². The van der Waals surface area contributed by atoms with E-state index in [1.807, 2.05) is 24.5 Å². The van der Waals surface area contributed by atoms with Gasteiger partial charge in [-0.25, -0.2) is 8.42 Å². The zero-order valence-corrected chi connectivity index (χ0v) is 19.1. The molecule has 0 atom stereocenters. The highest BCUT2D eigenvalue weighted by Crippen LogP contribution is 2.23. The minimum absolute atomic E-state index is 0.0731. The van der Waals surface area contributed by atoms with Gasteiger partial charge in [-0.3, -0.25) is 4.79 Å². The lowest BCUT2D eigenvalue weighted by Crippen LogP contribution is -2.20. The second kappa shape index (κ2) is 9.68. The first-order chi connectivity index (χ1) is 14.3. The van der Waals surface area contributed by atoms with Gasteiger partial charge in [0, 0.05) is 20.1 Å². The fourth-order valence-electron chi connectivity index (χ4n) is 3.30. The summed E-state index contributed by atoms with van der Waals surface area (Å²) in [5, 5.41) is 0. The lowest BCUT2D eigenvalue weighted by molar-refractivity contribution is -0.117. The Hall–Kier alpha value is -2.29. The predicted molar refractivity (Wildman–Crippen MR) is 120 cm³/mol. The van der Waals surface area contributed by atoms with Gasteiger partial charge in [-0.05, 0) is 36.6 Å². The highest BCUT2D eigenvalue weighted by molar-refractivity contribution is 7.90. The van der Waals surface area contributed by atoms with E-state index in [1.165, 1.54) is 11.3 Å². The van der Waals surface area contributed by atoms with Gasteiger partial charge >= 0.3 is 0 Å². The summed E-state index contributed by atoms with van der Waals surface area (Å²) in [4.78, 5) is 17.3. The number of aromatic nitrogens is 1. The number of thiazole rings is 1. The fraction of sp³-hybridized carbons (Fsp3) is 0.364. The summed E-state index contributed by atoms with van der Waals surface area (Å²) in [5.41, 5.74) is 3.99. The van der Waals surface area contributed by atoms with Crippen LogP contribution in [-0.2, 0) is 31.7 Å². The molecule has 0 unspecified atom stereocenters. The van der Waals surface area contributed by atoms with Crippen molar-refractivity contribution in [3.63, 3.8) is 0 Å². The Kier molecular flexibility index (Phi) is 7.23. The Morgan fingerprint density at radius 1 is 1.17 bits per heavy atom. The fourth-order valence-corrected chi connectivity index (χ4v) is 5.76. The normalized spacial score (nSPS) is 12.6. The molecule has 0 spiro atoms. The molecule has 0 aliphatic rings. The first kappa shape index (κ1) is 22.4. The molecule has 1 aromatic heterocycles. The van der Waals surface area contributed by atoms with Gasteiger partial charge in [-0.15, -0.1) is 0 Å². The van der Waals surface area contributed by atoms with E-state index in [-0.39, 0.29) is 17.9 Å². The predicted octanol–water partition coefficient (Wildman–Crippen LogP) is 3.40. The number of amides is 1. The molecule has 2 aromatic carbocycles. The number of ether oxygens (including phenoxy) is 1. The van der Waals surface area contributed by atoms with Crippen LogP contribution >= 0.6 is 11.3 Å². The number of methoxy groups -OCH3 is 1. The maximum atomic E-state index is 12.5. The van der Waals surface area contributed by atoms with Gasteiger partial charge in [0.2, 0.25) is 5.91 Å². The molecule has 0 aliphatic carbocycles. The number of sulfone groups is 1. The molecule has 3 aromatic rings. The van der Waals surface area contributed by atoms with E-state index in [9.17, 15) is 13.2 Å². The molecular weight excluding hydrogens is 420 g/mol. The summed E-state index contributed by atoms with van der Waals surface area (Å²) in [5.74, 6) is -0.722. The average molecular weight is 447 g/mol. The topological polar surface area (TPSA) is 77.7 Å². The van der Waals surface area contributed by atoms with Crippen molar-refractivity contribution in [2.45, 2.75) is 32.6 Å². The highest BCUT2D eigenvalue weighted by atomic mass is 32.2. The first-order valence-corrected chi connectivity index (χ1v) is 12.3. The van der Waals surface area contributed by atoms with Gasteiger partial charge in [0.1, 0.15) is 0 Å². The van der Waals surface area contributed by atoms with Crippen molar-refractivity contribution in [2.24, 2.45) is 4.99 Å². The number of hydrogen-bond acceptors (Lipinski definition) is 5. The average Bonchev–Trinajstić information content (AvgIpc) is 3.02. The van der Waals surface area contributed by atoms with Crippen molar-refractivity contribution in [1.82, 2.24) is 4.57 Å². The van der Waals surface area contributed by atoms with Crippen LogP contribution in [0.5, 0.6) is 0 Å². The van der Waals surface area contributed by atoms with E-state index in [2.05, 4.69) is 17.1 Å². The van der Waals surface area contributed by atoms with Crippen LogP contribution < -0.4 is 4.80 Å². The molecule has 0 N–H and O–H groups in total. The van der Waals surface area contributed by atoms with Crippen molar-refractivity contribution in [3.05, 3.63) is 64.0 Å². The zero-order valence-electron chi connectivity index (χ0n) is 17.4. The molecule has 1 amide bonds. The molecule has 0 fully saturated rings. The number of fused-ring (bicyclic) bond motifs is 1. The quantitative estimate of drug-likeness (QED) is 0.531. The van der Waals surface area contributed by atoms with Crippen molar-refractivity contribution >= 4 is 37.3 Å². The molecule has 8 heteroatoms. The Morgan fingerprint density at radius 2 is 1.90 bits per heavy atom. The zero-order chi connectivity index (χ0) is 21.7. The van der Waals surface area contributed by atoms with Crippen LogP contribution in [0.25, 0.3) is 10.2 Å². The molecule has 0 saturated carbocycles. The summed E-state index contributed by atoms with van der Waals surface area (Å²) in [7, 11) is -1.76. The Morgan fingerprint density at radius 3 is 2.60 bits per heavy atom. The largest absolute Gasteiger partial charge is 0.383 e.